The Bertz CT molecular complexity index is 1380. The highest BCUT2D eigenvalue weighted by molar-refractivity contribution is 9.10. The predicted molar refractivity (Wildman–Crippen MR) is 126 cm³/mol. The van der Waals surface area contributed by atoms with Crippen molar-refractivity contribution in [1.82, 2.24) is 19.3 Å². The highest BCUT2D eigenvalue weighted by atomic mass is 79.9. The van der Waals surface area contributed by atoms with Gasteiger partial charge in [0.2, 0.25) is 5.78 Å². The molecule has 0 spiro atoms. The fourth-order valence-corrected chi connectivity index (χ4v) is 6.18. The van der Waals surface area contributed by atoms with Crippen LogP contribution in [-0.2, 0) is 0 Å². The first-order chi connectivity index (χ1) is 15.1. The average molecular weight is 481 g/mol. The van der Waals surface area contributed by atoms with Gasteiger partial charge in [-0.1, -0.05) is 18.9 Å². The standard InChI is InChI=1S/C24H25BrN4O2/c25-17-6-3-7-18-22(17)23(31)27-24-28(15-4-1-2-5-15)19-12-16(14-8-10-26-11-9-14)21(30)13-20(19)29(18)24/h3,6-7,12-15,26,30H,1-2,4-5,8-11H2. The van der Waals surface area contributed by atoms with Crippen molar-refractivity contribution >= 4 is 43.6 Å². The maximum absolute atomic E-state index is 13.0. The van der Waals surface area contributed by atoms with E-state index in [9.17, 15) is 9.90 Å². The third-order valence-electron chi connectivity index (χ3n) is 7.16. The van der Waals surface area contributed by atoms with Crippen LogP contribution in [0.25, 0.3) is 27.7 Å². The zero-order valence-electron chi connectivity index (χ0n) is 17.3. The summed E-state index contributed by atoms with van der Waals surface area (Å²) in [6, 6.07) is 10.2. The largest absolute Gasteiger partial charge is 0.508 e. The van der Waals surface area contributed by atoms with E-state index in [1.54, 1.807) is 0 Å². The molecular weight excluding hydrogens is 456 g/mol. The summed E-state index contributed by atoms with van der Waals surface area (Å²) in [4.78, 5) is 17.6. The van der Waals surface area contributed by atoms with E-state index >= 15 is 0 Å². The number of aromatic nitrogens is 3. The lowest BCUT2D eigenvalue weighted by atomic mass is 9.89. The fourth-order valence-electron chi connectivity index (χ4n) is 5.66. The summed E-state index contributed by atoms with van der Waals surface area (Å²) >= 11 is 3.53. The molecule has 0 atom stereocenters. The molecule has 2 aromatic heterocycles. The third kappa shape index (κ3) is 2.93. The van der Waals surface area contributed by atoms with Crippen LogP contribution in [-0.4, -0.2) is 32.1 Å². The number of nitrogens with zero attached hydrogens (tertiary/aromatic N) is 3. The number of nitrogens with one attached hydrogen (secondary N) is 1. The molecule has 1 saturated heterocycles. The first kappa shape index (κ1) is 19.3. The van der Waals surface area contributed by atoms with Crippen LogP contribution in [0.4, 0.5) is 0 Å². The molecule has 1 aliphatic heterocycles. The lowest BCUT2D eigenvalue weighted by molar-refractivity contribution is 0.425. The number of hydrogen-bond donors (Lipinski definition) is 2. The van der Waals surface area contributed by atoms with Gasteiger partial charge in [0, 0.05) is 16.6 Å². The highest BCUT2D eigenvalue weighted by Crippen LogP contribution is 2.40. The van der Waals surface area contributed by atoms with Gasteiger partial charge in [-0.3, -0.25) is 9.20 Å². The van der Waals surface area contributed by atoms with Crippen LogP contribution in [0.3, 0.4) is 0 Å². The molecular formula is C24H25BrN4O2. The first-order valence-electron chi connectivity index (χ1n) is 11.2. The summed E-state index contributed by atoms with van der Waals surface area (Å²) in [5.41, 5.74) is 3.60. The summed E-state index contributed by atoms with van der Waals surface area (Å²) in [7, 11) is 0. The lowest BCUT2D eigenvalue weighted by Crippen LogP contribution is -2.26. The molecule has 2 aliphatic rings. The van der Waals surface area contributed by atoms with Gasteiger partial charge in [0.1, 0.15) is 5.75 Å². The number of aromatic hydroxyl groups is 1. The third-order valence-corrected chi connectivity index (χ3v) is 7.82. The quantitative estimate of drug-likeness (QED) is 0.430. The van der Waals surface area contributed by atoms with Crippen molar-refractivity contribution in [3.8, 4) is 5.75 Å². The van der Waals surface area contributed by atoms with Crippen LogP contribution in [0.1, 0.15) is 56.0 Å². The normalized spacial score (nSPS) is 18.6. The zero-order valence-corrected chi connectivity index (χ0v) is 18.9. The molecule has 0 radical (unpaired) electrons. The molecule has 6 nitrogen and oxygen atoms in total. The van der Waals surface area contributed by atoms with E-state index in [0.29, 0.717) is 28.9 Å². The second-order valence-corrected chi connectivity index (χ2v) is 9.77. The van der Waals surface area contributed by atoms with Gasteiger partial charge in [-0.2, -0.15) is 4.98 Å². The molecule has 3 heterocycles. The lowest BCUT2D eigenvalue weighted by Gasteiger charge is -2.24. The van der Waals surface area contributed by atoms with Crippen LogP contribution in [0.15, 0.2) is 39.6 Å². The second-order valence-electron chi connectivity index (χ2n) is 8.92. The molecule has 31 heavy (non-hydrogen) atoms. The van der Waals surface area contributed by atoms with Crippen molar-refractivity contribution in [2.45, 2.75) is 50.5 Å². The number of imidazole rings is 1. The average Bonchev–Trinajstić information content (AvgIpc) is 3.39. The molecule has 1 aliphatic carbocycles. The maximum atomic E-state index is 13.0. The van der Waals surface area contributed by atoms with Gasteiger partial charge in [0.15, 0.2) is 0 Å². The minimum Gasteiger partial charge on any atom is -0.508 e. The molecule has 6 rings (SSSR count). The summed E-state index contributed by atoms with van der Waals surface area (Å²) < 4.78 is 5.07. The van der Waals surface area contributed by atoms with Crippen molar-refractivity contribution in [1.29, 1.82) is 0 Å². The van der Waals surface area contributed by atoms with Crippen molar-refractivity contribution in [2.24, 2.45) is 0 Å². The van der Waals surface area contributed by atoms with Gasteiger partial charge in [-0.05, 0) is 84.4 Å². The van der Waals surface area contributed by atoms with Crippen LogP contribution in [0, 0.1) is 0 Å². The van der Waals surface area contributed by atoms with Crippen LogP contribution in [0.5, 0.6) is 5.75 Å². The Balaban J connectivity index is 1.74. The Hall–Kier alpha value is -2.38. The number of piperidine rings is 1. The number of phenols is 1. The molecule has 2 aromatic carbocycles. The van der Waals surface area contributed by atoms with E-state index in [1.165, 1.54) is 12.8 Å². The number of halogens is 1. The first-order valence-corrected chi connectivity index (χ1v) is 12.0. The topological polar surface area (TPSA) is 71.6 Å². The highest BCUT2D eigenvalue weighted by Gasteiger charge is 2.27. The van der Waals surface area contributed by atoms with Gasteiger partial charge < -0.3 is 15.0 Å². The fraction of sp³-hybridized carbons (Fsp3) is 0.417. The molecule has 0 bridgehead atoms. The number of hydrogen-bond acceptors (Lipinski definition) is 4. The SMILES string of the molecule is O=c1nc2n(C3CCCC3)c3cc(C4CCNCC4)c(O)cc3n2c2cccc(Br)c12. The number of phenolic OH excluding ortho intramolecular Hbond substituents is 1. The monoisotopic (exact) mass is 480 g/mol. The van der Waals surface area contributed by atoms with Crippen molar-refractivity contribution in [3.05, 3.63) is 50.7 Å². The molecule has 1 saturated carbocycles. The molecule has 7 heteroatoms. The van der Waals surface area contributed by atoms with E-state index in [2.05, 4.69) is 41.3 Å². The van der Waals surface area contributed by atoms with E-state index < -0.39 is 0 Å². The van der Waals surface area contributed by atoms with Crippen molar-refractivity contribution in [3.63, 3.8) is 0 Å². The van der Waals surface area contributed by atoms with E-state index in [4.69, 9.17) is 0 Å². The summed E-state index contributed by atoms with van der Waals surface area (Å²) in [6.45, 7) is 1.95. The van der Waals surface area contributed by atoms with Gasteiger partial charge in [-0.25, -0.2) is 0 Å². The van der Waals surface area contributed by atoms with E-state index in [0.717, 1.165) is 65.4 Å². The van der Waals surface area contributed by atoms with Crippen LogP contribution < -0.4 is 10.9 Å². The second kappa shape index (κ2) is 7.35. The number of rotatable bonds is 2. The Morgan fingerprint density at radius 1 is 1.03 bits per heavy atom. The Labute approximate surface area is 188 Å². The number of fused-ring (bicyclic) bond motifs is 5. The van der Waals surface area contributed by atoms with Gasteiger partial charge >= 0.3 is 0 Å². The minimum absolute atomic E-state index is 0.215. The van der Waals surface area contributed by atoms with E-state index in [1.807, 2.05) is 24.3 Å². The molecule has 2 N–H and O–H groups in total. The molecule has 2 fully saturated rings. The molecule has 0 amide bonds. The van der Waals surface area contributed by atoms with Gasteiger partial charge in [0.25, 0.3) is 5.56 Å². The smallest absolute Gasteiger partial charge is 0.283 e. The molecule has 4 aromatic rings. The maximum Gasteiger partial charge on any atom is 0.283 e. The Morgan fingerprint density at radius 3 is 2.58 bits per heavy atom. The van der Waals surface area contributed by atoms with Crippen LogP contribution in [0.2, 0.25) is 0 Å². The zero-order chi connectivity index (χ0) is 21.1. The summed E-state index contributed by atoms with van der Waals surface area (Å²) in [5, 5.41) is 15.0. The van der Waals surface area contributed by atoms with Crippen LogP contribution >= 0.6 is 15.9 Å². The van der Waals surface area contributed by atoms with E-state index in [-0.39, 0.29) is 5.56 Å². The van der Waals surface area contributed by atoms with Gasteiger partial charge in [-0.15, -0.1) is 0 Å². The Kier molecular flexibility index (Phi) is 4.58. The number of benzene rings is 2. The predicted octanol–water partition coefficient (Wildman–Crippen LogP) is 4.85. The van der Waals surface area contributed by atoms with Crippen molar-refractivity contribution in [2.75, 3.05) is 13.1 Å². The molecule has 0 unspecified atom stereocenters. The minimum atomic E-state index is -0.215. The molecule has 160 valence electrons. The summed E-state index contributed by atoms with van der Waals surface area (Å²) in [6.07, 6.45) is 6.62. The summed E-state index contributed by atoms with van der Waals surface area (Å²) in [5.74, 6) is 1.37. The van der Waals surface area contributed by atoms with Crippen molar-refractivity contribution < 1.29 is 5.11 Å². The van der Waals surface area contributed by atoms with Gasteiger partial charge in [0.05, 0.1) is 21.9 Å². The Morgan fingerprint density at radius 2 is 1.81 bits per heavy atom.